The molecule has 1 aliphatic carbocycles. The first-order valence-corrected chi connectivity index (χ1v) is 11.3. The van der Waals surface area contributed by atoms with Crippen molar-refractivity contribution in [2.75, 3.05) is 38.0 Å². The van der Waals surface area contributed by atoms with Gasteiger partial charge < -0.3 is 10.2 Å². The second kappa shape index (κ2) is 10.2. The largest absolute Gasteiger partial charge is 0.369 e. The quantitative estimate of drug-likeness (QED) is 0.760. The van der Waals surface area contributed by atoms with Crippen molar-refractivity contribution in [3.63, 3.8) is 0 Å². The van der Waals surface area contributed by atoms with Crippen molar-refractivity contribution in [2.45, 2.75) is 65.3 Å². The second-order valence-corrected chi connectivity index (χ2v) is 9.11. The Morgan fingerprint density at radius 3 is 2.75 bits per heavy atom. The predicted octanol–water partition coefficient (Wildman–Crippen LogP) is 4.27. The van der Waals surface area contributed by atoms with Crippen LogP contribution in [0.25, 0.3) is 0 Å². The standard InChI is InChI=1S/C23H38N4O/c1-18(2)11-13-25-22-21(10-7-12-24-22)23(28)27-15-14-26(19(3)16-27)17-20-8-5-4-6-9-20/h7,10,12,18-20H,4-6,8-9,11,13-17H2,1-3H3,(H,24,25)/t19-/m0/s1. The van der Waals surface area contributed by atoms with Crippen LogP contribution in [0.5, 0.6) is 0 Å². The summed E-state index contributed by atoms with van der Waals surface area (Å²) in [6, 6.07) is 4.20. The summed E-state index contributed by atoms with van der Waals surface area (Å²) in [6.45, 7) is 11.4. The first-order valence-electron chi connectivity index (χ1n) is 11.3. The topological polar surface area (TPSA) is 48.5 Å². The lowest BCUT2D eigenvalue weighted by atomic mass is 9.88. The molecule has 5 nitrogen and oxygen atoms in total. The number of pyridine rings is 1. The highest BCUT2D eigenvalue weighted by Crippen LogP contribution is 2.26. The molecule has 2 aliphatic rings. The number of rotatable bonds is 7. The molecule has 28 heavy (non-hydrogen) atoms. The van der Waals surface area contributed by atoms with Gasteiger partial charge in [-0.2, -0.15) is 0 Å². The number of nitrogens with one attached hydrogen (secondary N) is 1. The summed E-state index contributed by atoms with van der Waals surface area (Å²) in [5.74, 6) is 2.33. The van der Waals surface area contributed by atoms with Gasteiger partial charge in [0, 0.05) is 45.0 Å². The van der Waals surface area contributed by atoms with Crippen molar-refractivity contribution in [3.05, 3.63) is 23.9 Å². The summed E-state index contributed by atoms with van der Waals surface area (Å²) < 4.78 is 0. The molecule has 0 unspecified atom stereocenters. The van der Waals surface area contributed by atoms with Crippen molar-refractivity contribution in [2.24, 2.45) is 11.8 Å². The molecule has 1 saturated carbocycles. The lowest BCUT2D eigenvalue weighted by Crippen LogP contribution is -2.54. The lowest BCUT2D eigenvalue weighted by molar-refractivity contribution is 0.0452. The summed E-state index contributed by atoms with van der Waals surface area (Å²) in [5, 5.41) is 3.37. The SMILES string of the molecule is CC(C)CCNc1ncccc1C(=O)N1CCN(CC2CCCCC2)[C@@H](C)C1. The van der Waals surface area contributed by atoms with E-state index in [1.54, 1.807) is 6.20 Å². The number of nitrogens with zero attached hydrogens (tertiary/aromatic N) is 3. The summed E-state index contributed by atoms with van der Waals surface area (Å²) in [7, 11) is 0. The molecule has 1 aromatic rings. The van der Waals surface area contributed by atoms with Crippen LogP contribution in [-0.4, -0.2) is 59.5 Å². The molecule has 0 aromatic carbocycles. The van der Waals surface area contributed by atoms with Gasteiger partial charge in [-0.25, -0.2) is 4.98 Å². The fourth-order valence-corrected chi connectivity index (χ4v) is 4.52. The van der Waals surface area contributed by atoms with E-state index in [0.717, 1.165) is 44.3 Å². The molecule has 1 N–H and O–H groups in total. The van der Waals surface area contributed by atoms with Gasteiger partial charge in [0.2, 0.25) is 0 Å². The van der Waals surface area contributed by atoms with E-state index in [0.29, 0.717) is 17.5 Å². The van der Waals surface area contributed by atoms with Gasteiger partial charge in [0.15, 0.2) is 0 Å². The number of hydrogen-bond acceptors (Lipinski definition) is 4. The predicted molar refractivity (Wildman–Crippen MR) is 116 cm³/mol. The Bertz CT molecular complexity index is 627. The Kier molecular flexibility index (Phi) is 7.72. The number of carbonyl (C=O) groups excluding carboxylic acids is 1. The highest BCUT2D eigenvalue weighted by atomic mass is 16.2. The van der Waals surface area contributed by atoms with Gasteiger partial charge in [-0.3, -0.25) is 9.69 Å². The number of carbonyl (C=O) groups is 1. The summed E-state index contributed by atoms with van der Waals surface area (Å²) in [5.41, 5.74) is 0.708. The monoisotopic (exact) mass is 386 g/mol. The Morgan fingerprint density at radius 2 is 2.04 bits per heavy atom. The smallest absolute Gasteiger partial charge is 0.257 e. The van der Waals surface area contributed by atoms with Gasteiger partial charge in [0.05, 0.1) is 5.56 Å². The van der Waals surface area contributed by atoms with Crippen LogP contribution in [0.3, 0.4) is 0 Å². The maximum absolute atomic E-state index is 13.2. The average molecular weight is 387 g/mol. The van der Waals surface area contributed by atoms with E-state index in [4.69, 9.17) is 0 Å². The summed E-state index contributed by atoms with van der Waals surface area (Å²) in [6.07, 6.45) is 9.80. The number of amides is 1. The van der Waals surface area contributed by atoms with E-state index < -0.39 is 0 Å². The molecule has 156 valence electrons. The minimum Gasteiger partial charge on any atom is -0.369 e. The molecule has 1 amide bonds. The zero-order valence-corrected chi connectivity index (χ0v) is 18.0. The summed E-state index contributed by atoms with van der Waals surface area (Å²) in [4.78, 5) is 22.2. The maximum Gasteiger partial charge on any atom is 0.257 e. The lowest BCUT2D eigenvalue weighted by Gasteiger charge is -2.42. The number of anilines is 1. The number of piperazine rings is 1. The zero-order valence-electron chi connectivity index (χ0n) is 18.0. The molecule has 0 radical (unpaired) electrons. The molecule has 1 aromatic heterocycles. The Labute approximate surface area is 170 Å². The molecule has 2 heterocycles. The van der Waals surface area contributed by atoms with E-state index in [-0.39, 0.29) is 5.91 Å². The normalized spacial score (nSPS) is 21.9. The van der Waals surface area contributed by atoms with Crippen LogP contribution in [0.15, 0.2) is 18.3 Å². The molecule has 1 atom stereocenters. The van der Waals surface area contributed by atoms with Crippen molar-refractivity contribution >= 4 is 11.7 Å². The molecule has 1 saturated heterocycles. The minimum absolute atomic E-state index is 0.115. The molecule has 2 fully saturated rings. The van der Waals surface area contributed by atoms with Crippen molar-refractivity contribution in [1.29, 1.82) is 0 Å². The van der Waals surface area contributed by atoms with Crippen LogP contribution in [0, 0.1) is 11.8 Å². The molecule has 0 bridgehead atoms. The minimum atomic E-state index is 0.115. The third kappa shape index (κ3) is 5.69. The first-order chi connectivity index (χ1) is 13.5. The van der Waals surface area contributed by atoms with E-state index in [9.17, 15) is 4.79 Å². The van der Waals surface area contributed by atoms with Gasteiger partial charge in [-0.15, -0.1) is 0 Å². The molecular formula is C23H38N4O. The molecule has 3 rings (SSSR count). The van der Waals surface area contributed by atoms with Crippen LogP contribution < -0.4 is 5.32 Å². The fourth-order valence-electron chi connectivity index (χ4n) is 4.52. The molecule has 1 aliphatic heterocycles. The van der Waals surface area contributed by atoms with Crippen LogP contribution in [0.1, 0.15) is 69.7 Å². The first kappa shape index (κ1) is 21.1. The van der Waals surface area contributed by atoms with Crippen LogP contribution in [0.2, 0.25) is 0 Å². The number of hydrogen-bond donors (Lipinski definition) is 1. The maximum atomic E-state index is 13.2. The Hall–Kier alpha value is -1.62. The van der Waals surface area contributed by atoms with Crippen molar-refractivity contribution in [1.82, 2.24) is 14.8 Å². The van der Waals surface area contributed by atoms with Crippen molar-refractivity contribution < 1.29 is 4.79 Å². The highest BCUT2D eigenvalue weighted by Gasteiger charge is 2.30. The Morgan fingerprint density at radius 1 is 1.25 bits per heavy atom. The zero-order chi connectivity index (χ0) is 19.9. The van der Waals surface area contributed by atoms with Gasteiger partial charge in [0.25, 0.3) is 5.91 Å². The van der Waals surface area contributed by atoms with E-state index in [2.05, 4.69) is 36.0 Å². The van der Waals surface area contributed by atoms with Gasteiger partial charge in [0.1, 0.15) is 5.82 Å². The van der Waals surface area contributed by atoms with E-state index in [1.165, 1.54) is 38.6 Å². The third-order valence-corrected chi connectivity index (χ3v) is 6.32. The van der Waals surface area contributed by atoms with Crippen LogP contribution in [-0.2, 0) is 0 Å². The second-order valence-electron chi connectivity index (χ2n) is 9.11. The van der Waals surface area contributed by atoms with Gasteiger partial charge in [-0.1, -0.05) is 33.1 Å². The van der Waals surface area contributed by atoms with Crippen LogP contribution >= 0.6 is 0 Å². The number of aromatic nitrogens is 1. The van der Waals surface area contributed by atoms with E-state index >= 15 is 0 Å². The van der Waals surface area contributed by atoms with E-state index in [1.807, 2.05) is 17.0 Å². The van der Waals surface area contributed by atoms with Crippen LogP contribution in [0.4, 0.5) is 5.82 Å². The molecular weight excluding hydrogens is 348 g/mol. The Balaban J connectivity index is 1.57. The van der Waals surface area contributed by atoms with Gasteiger partial charge in [-0.05, 0) is 50.2 Å². The molecule has 0 spiro atoms. The summed E-state index contributed by atoms with van der Waals surface area (Å²) >= 11 is 0. The molecule has 5 heteroatoms. The van der Waals surface area contributed by atoms with Crippen molar-refractivity contribution in [3.8, 4) is 0 Å². The average Bonchev–Trinajstić information content (AvgIpc) is 2.70. The highest BCUT2D eigenvalue weighted by molar-refractivity contribution is 5.98. The third-order valence-electron chi connectivity index (χ3n) is 6.32. The fraction of sp³-hybridized carbons (Fsp3) is 0.739. The van der Waals surface area contributed by atoms with Gasteiger partial charge >= 0.3 is 0 Å².